The van der Waals surface area contributed by atoms with Gasteiger partial charge in [-0.1, -0.05) is 6.58 Å². The second-order valence-electron chi connectivity index (χ2n) is 1.35. The Morgan fingerprint density at radius 3 is 2.50 bits per heavy atom. The van der Waals surface area contributed by atoms with Crippen LogP contribution in [0.5, 0.6) is 0 Å². The van der Waals surface area contributed by atoms with Gasteiger partial charge in [0.2, 0.25) is 5.12 Å². The predicted molar refractivity (Wildman–Crippen MR) is 38.7 cm³/mol. The summed E-state index contributed by atoms with van der Waals surface area (Å²) in [5.41, 5.74) is 0. The Hall–Kier alpha value is -0.0200. The lowest BCUT2D eigenvalue weighted by Gasteiger charge is -1.80. The topological polar surface area (TPSA) is 17.1 Å². The van der Waals surface area contributed by atoms with Gasteiger partial charge in [-0.15, -0.1) is 0 Å². The molecule has 8 heavy (non-hydrogen) atoms. The van der Waals surface area contributed by atoms with Crippen LogP contribution in [0.1, 0.15) is 0 Å². The summed E-state index contributed by atoms with van der Waals surface area (Å²) in [6, 6.07) is 0. The second-order valence-corrected chi connectivity index (χ2v) is 3.30. The number of hydrogen-bond acceptors (Lipinski definition) is 2. The fourth-order valence-corrected chi connectivity index (χ4v) is 1.64. The highest BCUT2D eigenvalue weighted by Crippen LogP contribution is 2.31. The molecule has 1 aliphatic heterocycles. The van der Waals surface area contributed by atoms with Gasteiger partial charge in [0.1, 0.15) is 0 Å². The highest BCUT2D eigenvalue weighted by atomic mass is 79.9. The van der Waals surface area contributed by atoms with Crippen molar-refractivity contribution >= 4 is 32.8 Å². The van der Waals surface area contributed by atoms with Crippen molar-refractivity contribution in [1.82, 2.24) is 0 Å². The molecule has 0 spiro atoms. The maximum atomic E-state index is 10.6. The van der Waals surface area contributed by atoms with Crippen LogP contribution in [0.25, 0.3) is 0 Å². The summed E-state index contributed by atoms with van der Waals surface area (Å²) >= 11 is 4.23. The van der Waals surface area contributed by atoms with Crippen LogP contribution in [0.4, 0.5) is 0 Å². The molecule has 0 N–H and O–H groups in total. The normalized spacial score (nSPS) is 19.4. The van der Waals surface area contributed by atoms with Crippen LogP contribution in [-0.2, 0) is 4.79 Å². The van der Waals surface area contributed by atoms with Gasteiger partial charge in [-0.3, -0.25) is 4.79 Å². The zero-order valence-corrected chi connectivity index (χ0v) is 6.38. The molecule has 3 heteroatoms. The molecule has 1 rings (SSSR count). The van der Waals surface area contributed by atoms with Gasteiger partial charge in [0, 0.05) is 4.91 Å². The molecule has 0 amide bonds. The van der Waals surface area contributed by atoms with Gasteiger partial charge < -0.3 is 0 Å². The SMILES string of the molecule is C=C1C=C(Br)C(=O)S1. The molecule has 0 bridgehead atoms. The average Bonchev–Trinajstić information content (AvgIpc) is 1.85. The van der Waals surface area contributed by atoms with Crippen molar-refractivity contribution in [3.8, 4) is 0 Å². The fourth-order valence-electron chi connectivity index (χ4n) is 0.398. The van der Waals surface area contributed by atoms with Gasteiger partial charge in [0.25, 0.3) is 0 Å². The summed E-state index contributed by atoms with van der Waals surface area (Å²) in [6.45, 7) is 3.59. The maximum Gasteiger partial charge on any atom is 0.231 e. The minimum atomic E-state index is 0.0509. The number of hydrogen-bond donors (Lipinski definition) is 0. The van der Waals surface area contributed by atoms with Crippen molar-refractivity contribution < 1.29 is 4.79 Å². The van der Waals surface area contributed by atoms with Gasteiger partial charge in [-0.05, 0) is 33.8 Å². The second kappa shape index (κ2) is 2.07. The average molecular weight is 191 g/mol. The Morgan fingerprint density at radius 2 is 2.38 bits per heavy atom. The smallest absolute Gasteiger partial charge is 0.231 e. The lowest BCUT2D eigenvalue weighted by atomic mass is 10.5. The Kier molecular flexibility index (Phi) is 1.58. The molecule has 0 aromatic heterocycles. The van der Waals surface area contributed by atoms with Gasteiger partial charge >= 0.3 is 0 Å². The molecule has 1 nitrogen and oxygen atoms in total. The number of halogens is 1. The third-order valence-electron chi connectivity index (χ3n) is 0.707. The van der Waals surface area contributed by atoms with Crippen molar-refractivity contribution in [2.75, 3.05) is 0 Å². The molecular weight excluding hydrogens is 188 g/mol. The van der Waals surface area contributed by atoms with E-state index in [4.69, 9.17) is 0 Å². The Bertz CT molecular complexity index is 183. The molecule has 0 unspecified atom stereocenters. The molecular formula is C5H3BrOS. The molecule has 0 saturated carbocycles. The number of carbonyl (C=O) groups excluding carboxylic acids is 1. The predicted octanol–water partition coefficient (Wildman–Crippen LogP) is 2.05. The molecule has 1 aliphatic rings. The quantitative estimate of drug-likeness (QED) is 0.582. The number of rotatable bonds is 0. The van der Waals surface area contributed by atoms with Crippen molar-refractivity contribution in [3.63, 3.8) is 0 Å². The molecule has 42 valence electrons. The van der Waals surface area contributed by atoms with Crippen LogP contribution in [0, 0.1) is 0 Å². The minimum absolute atomic E-state index is 0.0509. The standard InChI is InChI=1S/C5H3BrOS/c1-3-2-4(6)5(7)8-3/h2H,1H2. The van der Waals surface area contributed by atoms with E-state index in [1.165, 1.54) is 0 Å². The van der Waals surface area contributed by atoms with Crippen molar-refractivity contribution in [2.24, 2.45) is 0 Å². The van der Waals surface area contributed by atoms with Crippen LogP contribution in [0.15, 0.2) is 22.0 Å². The first-order valence-corrected chi connectivity index (χ1v) is 3.59. The zero-order valence-electron chi connectivity index (χ0n) is 3.98. The van der Waals surface area contributed by atoms with E-state index >= 15 is 0 Å². The molecule has 0 radical (unpaired) electrons. The third kappa shape index (κ3) is 1.03. The van der Waals surface area contributed by atoms with Crippen LogP contribution in [-0.4, -0.2) is 5.12 Å². The Balaban J connectivity index is 2.88. The first-order chi connectivity index (χ1) is 3.70. The van der Waals surface area contributed by atoms with E-state index in [9.17, 15) is 4.79 Å². The summed E-state index contributed by atoms with van der Waals surface area (Å²) in [7, 11) is 0. The number of thioether (sulfide) groups is 1. The van der Waals surface area contributed by atoms with E-state index in [1.807, 2.05) is 0 Å². The molecule has 0 fully saturated rings. The highest BCUT2D eigenvalue weighted by Gasteiger charge is 2.15. The maximum absolute atomic E-state index is 10.6. The van der Waals surface area contributed by atoms with Crippen molar-refractivity contribution in [3.05, 3.63) is 22.0 Å². The van der Waals surface area contributed by atoms with E-state index in [2.05, 4.69) is 22.5 Å². The van der Waals surface area contributed by atoms with Gasteiger partial charge in [0.05, 0.1) is 4.48 Å². The summed E-state index contributed by atoms with van der Waals surface area (Å²) in [5, 5.41) is 0.0509. The van der Waals surface area contributed by atoms with Gasteiger partial charge in [-0.2, -0.15) is 0 Å². The first kappa shape index (κ1) is 6.11. The number of allylic oxidation sites excluding steroid dienone is 1. The number of carbonyl (C=O) groups is 1. The van der Waals surface area contributed by atoms with Crippen molar-refractivity contribution in [1.29, 1.82) is 0 Å². The molecule has 0 aromatic carbocycles. The van der Waals surface area contributed by atoms with E-state index in [-0.39, 0.29) is 5.12 Å². The summed E-state index contributed by atoms with van der Waals surface area (Å²) in [4.78, 5) is 11.4. The highest BCUT2D eigenvalue weighted by molar-refractivity contribution is 9.12. The van der Waals surface area contributed by atoms with Gasteiger partial charge in [-0.25, -0.2) is 0 Å². The first-order valence-electron chi connectivity index (χ1n) is 1.98. The van der Waals surface area contributed by atoms with Crippen LogP contribution in [0.2, 0.25) is 0 Å². The Labute approximate surface area is 60.0 Å². The molecule has 0 atom stereocenters. The van der Waals surface area contributed by atoms with Crippen LogP contribution >= 0.6 is 27.7 Å². The molecule has 0 aliphatic carbocycles. The minimum Gasteiger partial charge on any atom is -0.281 e. The lowest BCUT2D eigenvalue weighted by Crippen LogP contribution is -1.79. The van der Waals surface area contributed by atoms with Crippen LogP contribution in [0.3, 0.4) is 0 Å². The van der Waals surface area contributed by atoms with E-state index < -0.39 is 0 Å². The van der Waals surface area contributed by atoms with Gasteiger partial charge in [0.15, 0.2) is 0 Å². The molecule has 1 heterocycles. The molecule has 0 aromatic rings. The largest absolute Gasteiger partial charge is 0.281 e. The van der Waals surface area contributed by atoms with Crippen molar-refractivity contribution in [2.45, 2.75) is 0 Å². The molecule has 0 saturated heterocycles. The monoisotopic (exact) mass is 190 g/mol. The third-order valence-corrected chi connectivity index (χ3v) is 2.34. The van der Waals surface area contributed by atoms with E-state index in [1.54, 1.807) is 6.08 Å². The van der Waals surface area contributed by atoms with E-state index in [0.717, 1.165) is 16.7 Å². The lowest BCUT2D eigenvalue weighted by molar-refractivity contribution is -0.107. The fraction of sp³-hybridized carbons (Fsp3) is 0. The summed E-state index contributed by atoms with van der Waals surface area (Å²) in [6.07, 6.45) is 1.72. The summed E-state index contributed by atoms with van der Waals surface area (Å²) < 4.78 is 0.618. The Morgan fingerprint density at radius 1 is 1.75 bits per heavy atom. The van der Waals surface area contributed by atoms with Crippen LogP contribution < -0.4 is 0 Å². The zero-order chi connectivity index (χ0) is 6.15. The summed E-state index contributed by atoms with van der Waals surface area (Å²) in [5.74, 6) is 0. The van der Waals surface area contributed by atoms with E-state index in [0.29, 0.717) is 4.48 Å².